The molecule has 2 nitrogen and oxygen atoms in total. The first-order valence-corrected chi connectivity index (χ1v) is 15.7. The Morgan fingerprint density at radius 1 is 0.467 bits per heavy atom. The van der Waals surface area contributed by atoms with Gasteiger partial charge in [0.25, 0.3) is 0 Å². The molecule has 0 bridgehead atoms. The van der Waals surface area contributed by atoms with Gasteiger partial charge in [-0.25, -0.2) is 0 Å². The lowest BCUT2D eigenvalue weighted by Gasteiger charge is -2.27. The molecule has 2 heteroatoms. The average molecular weight is 577 g/mol. The fraction of sp³-hybridized carbons (Fsp3) is 0.0698. The van der Waals surface area contributed by atoms with Gasteiger partial charge in [0.05, 0.1) is 11.0 Å². The van der Waals surface area contributed by atoms with Crippen molar-refractivity contribution < 1.29 is 0 Å². The maximum Gasteiger partial charge on any atom is 0.0547 e. The largest absolute Gasteiger partial charge is 0.310 e. The quantitative estimate of drug-likeness (QED) is 0.202. The molecule has 0 spiro atoms. The highest BCUT2D eigenvalue weighted by molar-refractivity contribution is 6.22. The molecular weight excluding hydrogens is 544 g/mol. The summed E-state index contributed by atoms with van der Waals surface area (Å²) in [5.41, 5.74) is 12.4. The van der Waals surface area contributed by atoms with E-state index in [1.54, 1.807) is 0 Å². The molecule has 7 aromatic carbocycles. The second kappa shape index (κ2) is 9.70. The second-order valence-electron chi connectivity index (χ2n) is 12.6. The van der Waals surface area contributed by atoms with Crippen molar-refractivity contribution >= 4 is 49.6 Å². The topological polar surface area (TPSA) is 8.17 Å². The monoisotopic (exact) mass is 576 g/mol. The molecule has 0 N–H and O–H groups in total. The van der Waals surface area contributed by atoms with Gasteiger partial charge in [-0.2, -0.15) is 0 Å². The minimum atomic E-state index is -0.0265. The van der Waals surface area contributed by atoms with Crippen molar-refractivity contribution in [3.63, 3.8) is 0 Å². The van der Waals surface area contributed by atoms with Crippen LogP contribution in [0.2, 0.25) is 0 Å². The zero-order valence-electron chi connectivity index (χ0n) is 25.4. The number of hydrogen-bond acceptors (Lipinski definition) is 1. The standard InChI is InChI=1S/C43H32N2/c1-43(2)38-20-12-11-19-35(38)36-27-32(22-24-39(36)43)44(30-14-5-3-6-15-30)33-23-26-40-37(28-33)42-34-18-10-9-13-29(34)21-25-41(42)45(40)31-16-7-4-8-17-31/h3-28H,1-2H3. The van der Waals surface area contributed by atoms with Crippen molar-refractivity contribution in [2.45, 2.75) is 19.3 Å². The molecule has 1 heterocycles. The van der Waals surface area contributed by atoms with Crippen LogP contribution in [0, 0.1) is 0 Å². The third-order valence-electron chi connectivity index (χ3n) is 9.75. The van der Waals surface area contributed by atoms with Crippen LogP contribution < -0.4 is 4.90 Å². The summed E-state index contributed by atoms with van der Waals surface area (Å²) >= 11 is 0. The minimum Gasteiger partial charge on any atom is -0.310 e. The van der Waals surface area contributed by atoms with Gasteiger partial charge in [-0.3, -0.25) is 0 Å². The molecule has 8 aromatic rings. The number of para-hydroxylation sites is 2. The molecule has 0 radical (unpaired) electrons. The number of benzene rings is 7. The lowest BCUT2D eigenvalue weighted by molar-refractivity contribution is 0.660. The van der Waals surface area contributed by atoms with E-state index in [9.17, 15) is 0 Å². The molecule has 0 unspecified atom stereocenters. The van der Waals surface area contributed by atoms with Gasteiger partial charge in [-0.15, -0.1) is 0 Å². The average Bonchev–Trinajstić information content (AvgIpc) is 3.54. The van der Waals surface area contributed by atoms with Crippen LogP contribution in [-0.4, -0.2) is 4.57 Å². The number of anilines is 3. The van der Waals surface area contributed by atoms with Crippen LogP contribution >= 0.6 is 0 Å². The molecule has 0 atom stereocenters. The van der Waals surface area contributed by atoms with E-state index in [4.69, 9.17) is 0 Å². The summed E-state index contributed by atoms with van der Waals surface area (Å²) in [4.78, 5) is 2.41. The number of fused-ring (bicyclic) bond motifs is 8. The molecule has 0 saturated carbocycles. The van der Waals surface area contributed by atoms with E-state index in [0.717, 1.165) is 17.1 Å². The SMILES string of the molecule is CC1(C)c2ccccc2-c2cc(N(c3ccccc3)c3ccc4c(c3)c3c5ccccc5ccc3n4-c3ccccc3)ccc21. The molecule has 0 saturated heterocycles. The van der Waals surface area contributed by atoms with Crippen LogP contribution in [0.4, 0.5) is 17.1 Å². The van der Waals surface area contributed by atoms with E-state index in [1.807, 2.05) is 0 Å². The first kappa shape index (κ1) is 25.9. The van der Waals surface area contributed by atoms with E-state index in [1.165, 1.54) is 60.5 Å². The zero-order chi connectivity index (χ0) is 30.1. The molecule has 1 aliphatic carbocycles. The van der Waals surface area contributed by atoms with Crippen LogP contribution in [0.25, 0.3) is 49.4 Å². The summed E-state index contributed by atoms with van der Waals surface area (Å²) in [5.74, 6) is 0. The third kappa shape index (κ3) is 3.82. The Morgan fingerprint density at radius 3 is 1.96 bits per heavy atom. The summed E-state index contributed by atoms with van der Waals surface area (Å²) < 4.78 is 2.40. The Labute approximate surface area is 263 Å². The number of aromatic nitrogens is 1. The normalized spacial score (nSPS) is 13.3. The minimum absolute atomic E-state index is 0.0265. The van der Waals surface area contributed by atoms with Crippen molar-refractivity contribution in [3.05, 3.63) is 169 Å². The van der Waals surface area contributed by atoms with Gasteiger partial charge in [0, 0.05) is 38.9 Å². The lowest BCUT2D eigenvalue weighted by Crippen LogP contribution is -2.15. The van der Waals surface area contributed by atoms with E-state index in [0.29, 0.717) is 0 Å². The van der Waals surface area contributed by atoms with Crippen molar-refractivity contribution in [1.82, 2.24) is 4.57 Å². The Hall–Kier alpha value is -5.60. The number of rotatable bonds is 4. The molecular formula is C43H32N2. The molecule has 45 heavy (non-hydrogen) atoms. The molecule has 1 aliphatic rings. The predicted octanol–water partition coefficient (Wildman–Crippen LogP) is 11.7. The summed E-state index contributed by atoms with van der Waals surface area (Å²) in [6, 6.07) is 57.6. The fourth-order valence-electron chi connectivity index (χ4n) is 7.64. The first-order valence-electron chi connectivity index (χ1n) is 15.7. The molecule has 0 amide bonds. The second-order valence-corrected chi connectivity index (χ2v) is 12.6. The summed E-state index contributed by atoms with van der Waals surface area (Å²) in [5, 5.41) is 5.06. The first-order chi connectivity index (χ1) is 22.1. The molecule has 9 rings (SSSR count). The third-order valence-corrected chi connectivity index (χ3v) is 9.75. The summed E-state index contributed by atoms with van der Waals surface area (Å²) in [7, 11) is 0. The fourth-order valence-corrected chi connectivity index (χ4v) is 7.64. The maximum atomic E-state index is 2.41. The van der Waals surface area contributed by atoms with E-state index < -0.39 is 0 Å². The molecule has 1 aromatic heterocycles. The van der Waals surface area contributed by atoms with Crippen molar-refractivity contribution in [1.29, 1.82) is 0 Å². The van der Waals surface area contributed by atoms with Crippen molar-refractivity contribution in [3.8, 4) is 16.8 Å². The molecule has 214 valence electrons. The summed E-state index contributed by atoms with van der Waals surface area (Å²) in [6.07, 6.45) is 0. The van der Waals surface area contributed by atoms with Gasteiger partial charge in [0.1, 0.15) is 0 Å². The maximum absolute atomic E-state index is 2.41. The van der Waals surface area contributed by atoms with Gasteiger partial charge in [-0.05, 0) is 93.7 Å². The van der Waals surface area contributed by atoms with Gasteiger partial charge < -0.3 is 9.47 Å². The van der Waals surface area contributed by atoms with Gasteiger partial charge >= 0.3 is 0 Å². The highest BCUT2D eigenvalue weighted by Crippen LogP contribution is 2.51. The van der Waals surface area contributed by atoms with Gasteiger partial charge in [0.15, 0.2) is 0 Å². The van der Waals surface area contributed by atoms with Crippen LogP contribution in [0.1, 0.15) is 25.0 Å². The lowest BCUT2D eigenvalue weighted by atomic mass is 9.82. The predicted molar refractivity (Wildman–Crippen MR) is 191 cm³/mol. The van der Waals surface area contributed by atoms with Crippen LogP contribution in [0.5, 0.6) is 0 Å². The number of nitrogens with zero attached hydrogens (tertiary/aromatic N) is 2. The Kier molecular flexibility index (Phi) is 5.58. The van der Waals surface area contributed by atoms with E-state index >= 15 is 0 Å². The zero-order valence-corrected chi connectivity index (χ0v) is 25.4. The van der Waals surface area contributed by atoms with Crippen LogP contribution in [0.15, 0.2) is 158 Å². The van der Waals surface area contributed by atoms with Gasteiger partial charge in [-0.1, -0.05) is 111 Å². The Balaban J connectivity index is 1.32. The smallest absolute Gasteiger partial charge is 0.0547 e. The highest BCUT2D eigenvalue weighted by atomic mass is 15.1. The van der Waals surface area contributed by atoms with E-state index in [-0.39, 0.29) is 5.41 Å². The van der Waals surface area contributed by atoms with Crippen molar-refractivity contribution in [2.24, 2.45) is 0 Å². The number of hydrogen-bond donors (Lipinski definition) is 0. The highest BCUT2D eigenvalue weighted by Gasteiger charge is 2.35. The molecule has 0 fully saturated rings. The van der Waals surface area contributed by atoms with Crippen LogP contribution in [0.3, 0.4) is 0 Å². The Bertz CT molecular complexity index is 2400. The summed E-state index contributed by atoms with van der Waals surface area (Å²) in [6.45, 7) is 4.68. The van der Waals surface area contributed by atoms with Crippen LogP contribution in [-0.2, 0) is 5.41 Å². The molecule has 0 aliphatic heterocycles. The van der Waals surface area contributed by atoms with Crippen molar-refractivity contribution in [2.75, 3.05) is 4.90 Å². The Morgan fingerprint density at radius 2 is 1.11 bits per heavy atom. The van der Waals surface area contributed by atoms with Gasteiger partial charge in [0.2, 0.25) is 0 Å². The van der Waals surface area contributed by atoms with E-state index in [2.05, 4.69) is 181 Å².